The molecule has 0 spiro atoms. The van der Waals surface area contributed by atoms with Crippen molar-refractivity contribution in [2.45, 2.75) is 44.5 Å². The van der Waals surface area contributed by atoms with E-state index in [0.717, 1.165) is 27.0 Å². The number of aliphatic carboxylic acids is 1. The maximum absolute atomic E-state index is 12.6. The molecule has 1 fully saturated rings. The predicted octanol–water partition coefficient (Wildman–Crippen LogP) is 1.14. The van der Waals surface area contributed by atoms with Crippen LogP contribution in [-0.2, 0) is 16.1 Å². The zero-order chi connectivity index (χ0) is 22.9. The fourth-order valence-corrected chi connectivity index (χ4v) is 7.84. The van der Waals surface area contributed by atoms with Crippen molar-refractivity contribution in [3.05, 3.63) is 39.2 Å². The van der Waals surface area contributed by atoms with Gasteiger partial charge in [-0.25, -0.2) is 9.55 Å². The molecule has 5 heterocycles. The topological polar surface area (TPSA) is 103 Å². The number of thiazole rings is 2. The van der Waals surface area contributed by atoms with E-state index in [1.54, 1.807) is 30.0 Å². The van der Waals surface area contributed by atoms with Gasteiger partial charge in [-0.3, -0.25) is 4.79 Å². The van der Waals surface area contributed by atoms with Crippen molar-refractivity contribution in [3.63, 3.8) is 0 Å². The fraction of sp³-hybridized carbons (Fsp3) is 0.429. The van der Waals surface area contributed by atoms with Crippen LogP contribution in [0.1, 0.15) is 29.3 Å². The Morgan fingerprint density at radius 3 is 2.81 bits per heavy atom. The molecule has 8 nitrogen and oxygen atoms in total. The summed E-state index contributed by atoms with van der Waals surface area (Å²) in [5.74, 6) is -2.51. The maximum atomic E-state index is 12.6. The highest BCUT2D eigenvalue weighted by Crippen LogP contribution is 2.51. The number of carbonyl (C=O) groups excluding carboxylic acids is 2. The van der Waals surface area contributed by atoms with Gasteiger partial charge in [0.1, 0.15) is 12.7 Å². The number of rotatable bonds is 6. The summed E-state index contributed by atoms with van der Waals surface area (Å²) in [6.45, 7) is 6.22. The third-order valence-electron chi connectivity index (χ3n) is 6.39. The summed E-state index contributed by atoms with van der Waals surface area (Å²) in [5, 5.41) is 23.2. The number of aliphatic hydroxyl groups is 1. The summed E-state index contributed by atoms with van der Waals surface area (Å²) in [4.78, 5) is 33.3. The van der Waals surface area contributed by atoms with Crippen LogP contribution in [0.2, 0.25) is 0 Å². The second kappa shape index (κ2) is 7.68. The monoisotopic (exact) mass is 490 g/mol. The molecule has 168 valence electrons. The van der Waals surface area contributed by atoms with Crippen molar-refractivity contribution in [1.29, 1.82) is 0 Å². The minimum absolute atomic E-state index is 0.0623. The Bertz CT molecular complexity index is 1290. The third kappa shape index (κ3) is 2.98. The van der Waals surface area contributed by atoms with Crippen LogP contribution in [0.3, 0.4) is 0 Å². The number of hydrogen-bond acceptors (Lipinski definition) is 8. The smallest absolute Gasteiger partial charge is 0.250 e. The van der Waals surface area contributed by atoms with Crippen LogP contribution in [0.5, 0.6) is 0 Å². The summed E-state index contributed by atoms with van der Waals surface area (Å²) < 4.78 is 4.19. The normalized spacial score (nSPS) is 23.7. The minimum Gasteiger partial charge on any atom is -0.543 e. The SMILES string of the molecule is CSc1c2sc(C3=C(C(=O)[O-])N4C(=O)[C@H]([C@@H](C)O)[C@H]4[C@H]3C)c[n+]2cn1Cc1scnc1C. The number of carbonyl (C=O) groups is 2. The zero-order valence-corrected chi connectivity index (χ0v) is 20.4. The van der Waals surface area contributed by atoms with Gasteiger partial charge in [0.25, 0.3) is 6.33 Å². The molecule has 3 aromatic rings. The van der Waals surface area contributed by atoms with Gasteiger partial charge < -0.3 is 19.9 Å². The van der Waals surface area contributed by atoms with Gasteiger partial charge in [0.2, 0.25) is 15.8 Å². The highest BCUT2D eigenvalue weighted by Gasteiger charge is 2.59. The molecule has 5 rings (SSSR count). The Labute approximate surface area is 196 Å². The number of aromatic nitrogens is 3. The summed E-state index contributed by atoms with van der Waals surface area (Å²) >= 11 is 4.78. The molecule has 32 heavy (non-hydrogen) atoms. The van der Waals surface area contributed by atoms with Crippen LogP contribution in [0.15, 0.2) is 28.8 Å². The largest absolute Gasteiger partial charge is 0.543 e. The van der Waals surface area contributed by atoms with Crippen molar-refractivity contribution in [2.24, 2.45) is 11.8 Å². The van der Waals surface area contributed by atoms with Crippen LogP contribution >= 0.6 is 34.4 Å². The molecule has 1 amide bonds. The molecule has 0 saturated carbocycles. The Kier molecular flexibility index (Phi) is 5.19. The first-order valence-corrected chi connectivity index (χ1v) is 13.1. The van der Waals surface area contributed by atoms with E-state index >= 15 is 0 Å². The highest BCUT2D eigenvalue weighted by atomic mass is 32.2. The lowest BCUT2D eigenvalue weighted by molar-refractivity contribution is -0.508. The average molecular weight is 491 g/mol. The van der Waals surface area contributed by atoms with Gasteiger partial charge in [0.15, 0.2) is 0 Å². The van der Waals surface area contributed by atoms with Crippen molar-refractivity contribution in [3.8, 4) is 0 Å². The summed E-state index contributed by atoms with van der Waals surface area (Å²) in [7, 11) is 0. The van der Waals surface area contributed by atoms with Crippen molar-refractivity contribution >= 4 is 56.7 Å². The molecule has 2 aliphatic heterocycles. The van der Waals surface area contributed by atoms with Crippen LogP contribution in [0.4, 0.5) is 0 Å². The third-order valence-corrected chi connectivity index (χ3v) is 9.39. The van der Waals surface area contributed by atoms with Crippen LogP contribution in [0.25, 0.3) is 10.4 Å². The van der Waals surface area contributed by atoms with Gasteiger partial charge in [-0.1, -0.05) is 30.0 Å². The first-order valence-electron chi connectivity index (χ1n) is 10.2. The summed E-state index contributed by atoms with van der Waals surface area (Å²) in [5.41, 5.74) is 3.42. The lowest BCUT2D eigenvalue weighted by Gasteiger charge is -2.47. The van der Waals surface area contributed by atoms with Gasteiger partial charge in [-0.05, 0) is 20.1 Å². The number of fused-ring (bicyclic) bond motifs is 2. The standard InChI is InChI=1S/C21H22N4O4S3/c1-9-14(17(21(28)29)25-16(9)15(11(3)26)18(25)27)13-6-24-8-23(19(30-4)20(24)32-13)5-12-10(2)22-7-31-12/h6-9,11,15-16,26H,5H2,1-4H3/t9-,11+,15+,16+/m0/s1. The predicted molar refractivity (Wildman–Crippen MR) is 120 cm³/mol. The lowest BCUT2D eigenvalue weighted by Crippen LogP contribution is -2.64. The summed E-state index contributed by atoms with van der Waals surface area (Å²) in [6, 6.07) is -0.355. The van der Waals surface area contributed by atoms with Crippen molar-refractivity contribution in [2.75, 3.05) is 6.26 Å². The molecule has 1 N–H and O–H groups in total. The van der Waals surface area contributed by atoms with Crippen LogP contribution in [0, 0.1) is 18.8 Å². The first-order chi connectivity index (χ1) is 15.2. The van der Waals surface area contributed by atoms with Gasteiger partial charge in [0, 0.05) is 11.5 Å². The zero-order valence-electron chi connectivity index (χ0n) is 17.9. The number of nitrogens with zero attached hydrogens (tertiary/aromatic N) is 4. The van der Waals surface area contributed by atoms with E-state index in [-0.39, 0.29) is 23.6 Å². The number of hydrogen-bond donors (Lipinski definition) is 1. The van der Waals surface area contributed by atoms with Gasteiger partial charge in [-0.15, -0.1) is 11.3 Å². The van der Waals surface area contributed by atoms with Gasteiger partial charge in [0.05, 0.1) is 50.7 Å². The molecule has 4 atom stereocenters. The number of thioether (sulfide) groups is 1. The molecule has 0 bridgehead atoms. The Morgan fingerprint density at radius 2 is 2.22 bits per heavy atom. The van der Waals surface area contributed by atoms with Gasteiger partial charge in [-0.2, -0.15) is 4.40 Å². The van der Waals surface area contributed by atoms with E-state index in [1.807, 2.05) is 42.5 Å². The summed E-state index contributed by atoms with van der Waals surface area (Å²) in [6.07, 6.45) is 5.13. The maximum Gasteiger partial charge on any atom is 0.250 e. The number of β-lactam (4-membered cyclic amide) rings is 1. The highest BCUT2D eigenvalue weighted by molar-refractivity contribution is 7.98. The minimum atomic E-state index is -1.36. The number of aliphatic hydroxyl groups excluding tert-OH is 1. The number of carboxylic acid groups (broad SMARTS) is 1. The average Bonchev–Trinajstić information content (AvgIpc) is 3.43. The quantitative estimate of drug-likeness (QED) is 0.316. The number of amides is 1. The van der Waals surface area contributed by atoms with E-state index in [2.05, 4.69) is 9.55 Å². The lowest BCUT2D eigenvalue weighted by atomic mass is 9.77. The Morgan fingerprint density at radius 1 is 1.47 bits per heavy atom. The molecule has 0 aliphatic carbocycles. The van der Waals surface area contributed by atoms with E-state index in [1.165, 1.54) is 21.1 Å². The molecular weight excluding hydrogens is 468 g/mol. The molecule has 2 aliphatic rings. The van der Waals surface area contributed by atoms with Crippen molar-refractivity contribution in [1.82, 2.24) is 14.5 Å². The number of aryl methyl sites for hydroxylation is 1. The second-order valence-corrected chi connectivity index (χ2v) is 11.0. The van der Waals surface area contributed by atoms with Crippen LogP contribution in [-0.4, -0.2) is 49.8 Å². The fourth-order valence-electron chi connectivity index (χ4n) is 4.89. The van der Waals surface area contributed by atoms with E-state index in [0.29, 0.717) is 5.57 Å². The molecule has 0 radical (unpaired) electrons. The van der Waals surface area contributed by atoms with E-state index in [4.69, 9.17) is 0 Å². The molecule has 3 aromatic heterocycles. The van der Waals surface area contributed by atoms with Crippen molar-refractivity contribution < 1.29 is 24.2 Å². The van der Waals surface area contributed by atoms with Crippen LogP contribution < -0.4 is 9.51 Å². The molecular formula is C21H22N4O4S3. The first kappa shape index (κ1) is 21.6. The van der Waals surface area contributed by atoms with Gasteiger partial charge >= 0.3 is 0 Å². The molecule has 0 unspecified atom stereocenters. The second-order valence-electron chi connectivity index (χ2n) is 8.23. The Hall–Kier alpha value is -2.21. The van der Waals surface area contributed by atoms with E-state index < -0.39 is 18.0 Å². The molecule has 0 aromatic carbocycles. The molecule has 11 heteroatoms. The number of imidazole rings is 1. The van der Waals surface area contributed by atoms with E-state index in [9.17, 15) is 19.8 Å². The Balaban J connectivity index is 1.57. The number of carboxylic acids is 1. The molecule has 1 saturated heterocycles.